The van der Waals surface area contributed by atoms with E-state index in [0.29, 0.717) is 16.4 Å². The van der Waals surface area contributed by atoms with Crippen LogP contribution in [0.1, 0.15) is 22.8 Å². The molecule has 0 aliphatic heterocycles. The van der Waals surface area contributed by atoms with Gasteiger partial charge in [-0.15, -0.1) is 5.10 Å². The summed E-state index contributed by atoms with van der Waals surface area (Å²) in [4.78, 5) is 12.7. The van der Waals surface area contributed by atoms with Crippen LogP contribution in [0.25, 0.3) is 5.69 Å². The highest BCUT2D eigenvalue weighted by Gasteiger charge is 2.21. The molecule has 1 unspecified atom stereocenters. The summed E-state index contributed by atoms with van der Waals surface area (Å²) in [7, 11) is -3.36. The summed E-state index contributed by atoms with van der Waals surface area (Å²) < 4.78 is 26.5. The lowest BCUT2D eigenvalue weighted by atomic mass is 10.1. The van der Waals surface area contributed by atoms with Gasteiger partial charge in [0.05, 0.1) is 17.2 Å². The Morgan fingerprint density at radius 3 is 2.46 bits per heavy atom. The lowest BCUT2D eigenvalue weighted by molar-refractivity contribution is 0.0994. The minimum Gasteiger partial charge on any atom is -0.293 e. The van der Waals surface area contributed by atoms with Gasteiger partial charge in [0.2, 0.25) is 15.2 Å². The Morgan fingerprint density at radius 2 is 1.82 bits per heavy atom. The molecule has 0 saturated carbocycles. The first-order valence-electron chi connectivity index (χ1n) is 8.38. The summed E-state index contributed by atoms with van der Waals surface area (Å²) in [6.45, 7) is 3.75. The number of thioether (sulfide) groups is 1. The number of aryl methyl sites for hydroxylation is 1. The summed E-state index contributed by atoms with van der Waals surface area (Å²) in [5.41, 5.74) is 2.76. The third-order valence-electron chi connectivity index (χ3n) is 3.91. The topological polar surface area (TPSA) is 107 Å². The van der Waals surface area contributed by atoms with Crippen LogP contribution in [0.3, 0.4) is 0 Å². The average molecular weight is 418 g/mol. The van der Waals surface area contributed by atoms with Crippen molar-refractivity contribution in [3.63, 3.8) is 0 Å². The third kappa shape index (κ3) is 4.76. The minimum absolute atomic E-state index is 0.102. The molecule has 10 heteroatoms. The van der Waals surface area contributed by atoms with Crippen LogP contribution in [0, 0.1) is 6.92 Å². The number of tetrazole rings is 1. The van der Waals surface area contributed by atoms with Crippen LogP contribution in [-0.2, 0) is 10.0 Å². The van der Waals surface area contributed by atoms with Crippen LogP contribution in [0.5, 0.6) is 0 Å². The zero-order chi connectivity index (χ0) is 20.3. The largest absolute Gasteiger partial charge is 0.293 e. The molecule has 0 aliphatic rings. The van der Waals surface area contributed by atoms with Gasteiger partial charge in [-0.2, -0.15) is 4.68 Å². The summed E-state index contributed by atoms with van der Waals surface area (Å²) in [6, 6.07) is 14.0. The first kappa shape index (κ1) is 20.0. The van der Waals surface area contributed by atoms with Crippen LogP contribution >= 0.6 is 11.8 Å². The van der Waals surface area contributed by atoms with Crippen molar-refractivity contribution in [3.8, 4) is 5.69 Å². The van der Waals surface area contributed by atoms with Gasteiger partial charge in [0.1, 0.15) is 0 Å². The van der Waals surface area contributed by atoms with E-state index in [2.05, 4.69) is 20.2 Å². The molecule has 3 aromatic rings. The number of sulfonamides is 1. The number of nitrogens with zero attached hydrogens (tertiary/aromatic N) is 4. The average Bonchev–Trinajstić information content (AvgIpc) is 3.08. The molecule has 1 heterocycles. The number of benzene rings is 2. The number of Topliss-reactive ketones (excluding diaryl/α,β-unsaturated/α-hetero) is 1. The molecule has 0 spiro atoms. The zero-order valence-corrected chi connectivity index (χ0v) is 17.2. The molecule has 1 atom stereocenters. The highest BCUT2D eigenvalue weighted by molar-refractivity contribution is 8.00. The van der Waals surface area contributed by atoms with Gasteiger partial charge in [-0.05, 0) is 60.2 Å². The fraction of sp³-hybridized carbons (Fsp3) is 0.222. The SMILES string of the molecule is Cc1ccccc1-n1nnnc1SC(C)C(=O)c1ccc(NS(C)(=O)=O)cc1. The predicted molar refractivity (Wildman–Crippen MR) is 108 cm³/mol. The number of rotatable bonds is 7. The van der Waals surface area contributed by atoms with E-state index in [1.807, 2.05) is 31.2 Å². The lowest BCUT2D eigenvalue weighted by Gasteiger charge is -2.12. The monoisotopic (exact) mass is 417 g/mol. The fourth-order valence-electron chi connectivity index (χ4n) is 2.57. The molecule has 0 amide bonds. The Labute approximate surface area is 167 Å². The van der Waals surface area contributed by atoms with Crippen molar-refractivity contribution in [2.45, 2.75) is 24.3 Å². The third-order valence-corrected chi connectivity index (χ3v) is 5.55. The van der Waals surface area contributed by atoms with Crippen LogP contribution in [-0.4, -0.2) is 45.9 Å². The van der Waals surface area contributed by atoms with Crippen molar-refractivity contribution in [1.29, 1.82) is 0 Å². The highest BCUT2D eigenvalue weighted by Crippen LogP contribution is 2.26. The van der Waals surface area contributed by atoms with E-state index in [1.54, 1.807) is 35.9 Å². The second-order valence-electron chi connectivity index (χ2n) is 6.24. The number of hydrogen-bond donors (Lipinski definition) is 1. The summed E-state index contributed by atoms with van der Waals surface area (Å²) in [5.74, 6) is -0.102. The Balaban J connectivity index is 1.75. The molecule has 28 heavy (non-hydrogen) atoms. The normalized spacial score (nSPS) is 12.5. The molecule has 0 fully saturated rings. The van der Waals surface area contributed by atoms with E-state index >= 15 is 0 Å². The van der Waals surface area contributed by atoms with Gasteiger partial charge >= 0.3 is 0 Å². The number of anilines is 1. The zero-order valence-electron chi connectivity index (χ0n) is 15.5. The number of nitrogens with one attached hydrogen (secondary N) is 1. The molecular weight excluding hydrogens is 398 g/mol. The second-order valence-corrected chi connectivity index (χ2v) is 9.29. The molecule has 0 radical (unpaired) electrons. The van der Waals surface area contributed by atoms with E-state index in [0.717, 1.165) is 17.5 Å². The van der Waals surface area contributed by atoms with E-state index in [4.69, 9.17) is 0 Å². The van der Waals surface area contributed by atoms with E-state index in [9.17, 15) is 13.2 Å². The minimum atomic E-state index is -3.36. The first-order valence-corrected chi connectivity index (χ1v) is 11.1. The predicted octanol–water partition coefficient (Wildman–Crippen LogP) is 2.71. The maximum Gasteiger partial charge on any atom is 0.229 e. The van der Waals surface area contributed by atoms with Gasteiger partial charge in [0.25, 0.3) is 0 Å². The van der Waals surface area contributed by atoms with Gasteiger partial charge in [-0.25, -0.2) is 8.42 Å². The molecule has 3 rings (SSSR count). The maximum absolute atomic E-state index is 12.7. The Morgan fingerprint density at radius 1 is 1.14 bits per heavy atom. The summed E-state index contributed by atoms with van der Waals surface area (Å²) in [5, 5.41) is 11.9. The summed E-state index contributed by atoms with van der Waals surface area (Å²) >= 11 is 1.26. The van der Waals surface area contributed by atoms with E-state index in [-0.39, 0.29) is 5.78 Å². The molecular formula is C18H19N5O3S2. The van der Waals surface area contributed by atoms with Gasteiger partial charge in [-0.3, -0.25) is 9.52 Å². The van der Waals surface area contributed by atoms with Gasteiger partial charge in [0.15, 0.2) is 5.78 Å². The van der Waals surface area contributed by atoms with Crippen molar-refractivity contribution in [3.05, 3.63) is 59.7 Å². The van der Waals surface area contributed by atoms with Crippen LogP contribution < -0.4 is 4.72 Å². The molecule has 1 aromatic heterocycles. The van der Waals surface area contributed by atoms with Crippen molar-refractivity contribution < 1.29 is 13.2 Å². The first-order chi connectivity index (χ1) is 13.2. The Kier molecular flexibility index (Phi) is 5.80. The fourth-order valence-corrected chi connectivity index (χ4v) is 4.01. The van der Waals surface area contributed by atoms with Crippen molar-refractivity contribution in [2.75, 3.05) is 11.0 Å². The molecule has 146 valence electrons. The Hall–Kier alpha value is -2.72. The maximum atomic E-state index is 12.7. The van der Waals surface area contributed by atoms with Gasteiger partial charge in [-0.1, -0.05) is 30.0 Å². The number of carbonyl (C=O) groups excluding carboxylic acids is 1. The van der Waals surface area contributed by atoms with Gasteiger partial charge in [0, 0.05) is 11.3 Å². The van der Waals surface area contributed by atoms with Crippen LogP contribution in [0.2, 0.25) is 0 Å². The number of hydrogen-bond acceptors (Lipinski definition) is 7. The second kappa shape index (κ2) is 8.11. The van der Waals surface area contributed by atoms with Gasteiger partial charge < -0.3 is 0 Å². The number of carbonyl (C=O) groups is 1. The molecule has 8 nitrogen and oxygen atoms in total. The van der Waals surface area contributed by atoms with Crippen molar-refractivity contribution in [2.24, 2.45) is 0 Å². The standard InChI is InChI=1S/C18H19N5O3S2/c1-12-6-4-5-7-16(12)23-18(19-21-22-23)27-13(2)17(24)14-8-10-15(11-9-14)20-28(3,25)26/h4-11,13,20H,1-3H3. The quantitative estimate of drug-likeness (QED) is 0.465. The van der Waals surface area contributed by atoms with Crippen molar-refractivity contribution >= 4 is 33.3 Å². The number of aromatic nitrogens is 4. The summed E-state index contributed by atoms with van der Waals surface area (Å²) in [6.07, 6.45) is 1.07. The molecule has 1 N–H and O–H groups in total. The molecule has 2 aromatic carbocycles. The highest BCUT2D eigenvalue weighted by atomic mass is 32.2. The number of para-hydroxylation sites is 1. The van der Waals surface area contributed by atoms with E-state index < -0.39 is 15.3 Å². The lowest BCUT2D eigenvalue weighted by Crippen LogP contribution is -2.15. The Bertz CT molecular complexity index is 1090. The molecule has 0 bridgehead atoms. The smallest absolute Gasteiger partial charge is 0.229 e. The van der Waals surface area contributed by atoms with E-state index in [1.165, 1.54) is 11.8 Å². The van der Waals surface area contributed by atoms with Crippen LogP contribution in [0.4, 0.5) is 5.69 Å². The molecule has 0 saturated heterocycles. The van der Waals surface area contributed by atoms with Crippen LogP contribution in [0.15, 0.2) is 53.7 Å². The molecule has 0 aliphatic carbocycles. The van der Waals surface area contributed by atoms with Crippen molar-refractivity contribution in [1.82, 2.24) is 20.2 Å². The number of ketones is 1.